The van der Waals surface area contributed by atoms with E-state index < -0.39 is 26.6 Å². The molecule has 1 aliphatic rings. The molecule has 28 heavy (non-hydrogen) atoms. The highest BCUT2D eigenvalue weighted by atomic mass is 79.9. The van der Waals surface area contributed by atoms with Crippen LogP contribution in [-0.4, -0.2) is 56.1 Å². The predicted octanol–water partition coefficient (Wildman–Crippen LogP) is 5.81. The number of hydrogen-bond donors (Lipinski definition) is 0. The average Bonchev–Trinajstić information content (AvgIpc) is 2.53. The van der Waals surface area contributed by atoms with Crippen molar-refractivity contribution in [1.29, 1.82) is 0 Å². The number of rotatable bonds is 4. The van der Waals surface area contributed by atoms with E-state index in [4.69, 9.17) is 4.43 Å². The van der Waals surface area contributed by atoms with Gasteiger partial charge in [0.1, 0.15) is 0 Å². The fourth-order valence-electron chi connectivity index (χ4n) is 3.62. The van der Waals surface area contributed by atoms with Crippen molar-refractivity contribution in [3.05, 3.63) is 34.3 Å². The molecule has 1 saturated heterocycles. The Balaban J connectivity index is 2.13. The summed E-state index contributed by atoms with van der Waals surface area (Å²) in [7, 11) is -0.529. The third kappa shape index (κ3) is 5.97. The molecular weight excluding hydrogens is 453 g/mol. The van der Waals surface area contributed by atoms with Crippen molar-refractivity contribution in [3.8, 4) is 0 Å². The van der Waals surface area contributed by atoms with E-state index in [0.29, 0.717) is 30.4 Å². The van der Waals surface area contributed by atoms with Gasteiger partial charge in [-0.05, 0) is 57.1 Å². The first-order valence-corrected chi connectivity index (χ1v) is 13.5. The number of urea groups is 1. The minimum atomic E-state index is -4.57. The number of nitrogens with zero attached hydrogens (tertiary/aromatic N) is 2. The second-order valence-electron chi connectivity index (χ2n) is 8.54. The molecule has 1 atom stereocenters. The number of hydrogen-bond acceptors (Lipinski definition) is 2. The molecule has 0 radical (unpaired) electrons. The molecule has 1 aromatic carbocycles. The molecular formula is C19H28BrF3N2O2Si. The summed E-state index contributed by atoms with van der Waals surface area (Å²) in [5, 5.41) is 0. The van der Waals surface area contributed by atoms with Crippen molar-refractivity contribution < 1.29 is 22.4 Å². The highest BCUT2D eigenvalue weighted by Crippen LogP contribution is 2.38. The quantitative estimate of drug-likeness (QED) is 0.509. The van der Waals surface area contributed by atoms with Crippen LogP contribution in [0.3, 0.4) is 0 Å². The smallest absolute Gasteiger partial charge is 0.412 e. The van der Waals surface area contributed by atoms with Gasteiger partial charge < -0.3 is 14.2 Å². The molecule has 0 aliphatic carbocycles. The van der Waals surface area contributed by atoms with E-state index in [9.17, 15) is 18.0 Å². The molecule has 1 unspecified atom stereocenters. The molecule has 0 aromatic heterocycles. The molecule has 0 bridgehead atoms. The van der Waals surface area contributed by atoms with Crippen LogP contribution in [0.25, 0.3) is 0 Å². The van der Waals surface area contributed by atoms with Crippen molar-refractivity contribution in [2.45, 2.75) is 57.2 Å². The Bertz CT molecular complexity index is 684. The highest BCUT2D eigenvalue weighted by molar-refractivity contribution is 9.10. The van der Waals surface area contributed by atoms with Crippen molar-refractivity contribution in [2.75, 3.05) is 20.1 Å². The summed E-state index contributed by atoms with van der Waals surface area (Å²) >= 11 is 3.23. The molecule has 2 amide bonds. The fourth-order valence-corrected chi connectivity index (χ4v) is 5.57. The van der Waals surface area contributed by atoms with Crippen LogP contribution in [0.2, 0.25) is 19.6 Å². The Hall–Kier alpha value is -1.06. The Labute approximate surface area is 174 Å². The number of amides is 2. The Morgan fingerprint density at radius 1 is 1.21 bits per heavy atom. The summed E-state index contributed by atoms with van der Waals surface area (Å²) in [4.78, 5) is 15.1. The van der Waals surface area contributed by atoms with Crippen molar-refractivity contribution in [2.24, 2.45) is 0 Å². The molecule has 4 nitrogen and oxygen atoms in total. The fraction of sp³-hybridized carbons (Fsp3) is 0.632. The van der Waals surface area contributed by atoms with Gasteiger partial charge in [0.15, 0.2) is 14.4 Å². The largest absolute Gasteiger partial charge is 0.413 e. The average molecular weight is 481 g/mol. The number of carbonyl (C=O) groups excluding carboxylic acids is 1. The van der Waals surface area contributed by atoms with E-state index in [0.717, 1.165) is 4.90 Å². The van der Waals surface area contributed by atoms with Gasteiger partial charge >= 0.3 is 12.2 Å². The molecule has 1 fully saturated rings. The molecule has 1 aliphatic heterocycles. The summed E-state index contributed by atoms with van der Waals surface area (Å²) in [5.41, 5.74) is -0.287. The van der Waals surface area contributed by atoms with E-state index in [2.05, 4.69) is 35.6 Å². The van der Waals surface area contributed by atoms with Gasteiger partial charge in [0.2, 0.25) is 0 Å². The third-order valence-electron chi connectivity index (χ3n) is 4.83. The van der Waals surface area contributed by atoms with Crippen LogP contribution in [0.15, 0.2) is 28.7 Å². The minimum absolute atomic E-state index is 0.0375. The van der Waals surface area contributed by atoms with Crippen molar-refractivity contribution >= 4 is 30.3 Å². The minimum Gasteiger partial charge on any atom is -0.412 e. The lowest BCUT2D eigenvalue weighted by molar-refractivity contribution is -0.177. The molecule has 0 saturated carbocycles. The molecule has 2 rings (SSSR count). The molecule has 1 aromatic rings. The number of alkyl halides is 3. The Morgan fingerprint density at radius 2 is 1.71 bits per heavy atom. The first-order chi connectivity index (χ1) is 12.7. The highest BCUT2D eigenvalue weighted by Gasteiger charge is 2.47. The number of likely N-dealkylation sites (tertiary alicyclic amines) is 1. The van der Waals surface area contributed by atoms with Crippen LogP contribution in [0.1, 0.15) is 31.4 Å². The van der Waals surface area contributed by atoms with Crippen LogP contribution in [0.4, 0.5) is 18.0 Å². The summed E-state index contributed by atoms with van der Waals surface area (Å²) in [6.45, 7) is 9.11. The normalized spacial score (nSPS) is 18.7. The van der Waals surface area contributed by atoms with Gasteiger partial charge in [0.05, 0.1) is 5.60 Å². The number of halogens is 4. The maximum Gasteiger partial charge on any atom is 0.413 e. The van der Waals surface area contributed by atoms with Crippen LogP contribution in [0, 0.1) is 0 Å². The lowest BCUT2D eigenvalue weighted by Gasteiger charge is -2.44. The maximum absolute atomic E-state index is 13.8. The van der Waals surface area contributed by atoms with Crippen LogP contribution >= 0.6 is 15.9 Å². The van der Waals surface area contributed by atoms with Gasteiger partial charge in [-0.1, -0.05) is 28.1 Å². The SMILES string of the molecule is CN(C(=O)N1CCC(C)(O[Si](C)(C)C)CC1)C(c1ccc(Br)cc1)C(F)(F)F. The molecule has 158 valence electrons. The van der Waals surface area contributed by atoms with Gasteiger partial charge in [0, 0.05) is 24.6 Å². The molecule has 1 heterocycles. The molecule has 9 heteroatoms. The zero-order valence-corrected chi connectivity index (χ0v) is 19.5. The second-order valence-corrected chi connectivity index (χ2v) is 13.9. The van der Waals surface area contributed by atoms with E-state index >= 15 is 0 Å². The lowest BCUT2D eigenvalue weighted by Crippen LogP contribution is -2.54. The van der Waals surface area contributed by atoms with Gasteiger partial charge in [-0.15, -0.1) is 0 Å². The zero-order valence-electron chi connectivity index (χ0n) is 16.9. The summed E-state index contributed by atoms with van der Waals surface area (Å²) in [5.74, 6) is 0. The van der Waals surface area contributed by atoms with E-state index in [-0.39, 0.29) is 11.2 Å². The molecule has 0 spiro atoms. The van der Waals surface area contributed by atoms with Crippen molar-refractivity contribution in [1.82, 2.24) is 9.80 Å². The first-order valence-electron chi connectivity index (χ1n) is 9.26. The van der Waals surface area contributed by atoms with Crippen LogP contribution in [-0.2, 0) is 4.43 Å². The summed E-state index contributed by atoms with van der Waals surface area (Å²) in [6, 6.07) is 3.28. The van der Waals surface area contributed by atoms with Crippen LogP contribution in [0.5, 0.6) is 0 Å². The van der Waals surface area contributed by atoms with Crippen LogP contribution < -0.4 is 0 Å². The van der Waals surface area contributed by atoms with Gasteiger partial charge in [-0.2, -0.15) is 13.2 Å². The predicted molar refractivity (Wildman–Crippen MR) is 110 cm³/mol. The van der Waals surface area contributed by atoms with E-state index in [1.165, 1.54) is 24.1 Å². The zero-order chi connectivity index (χ0) is 21.3. The standard InChI is InChI=1S/C19H28BrF3N2O2Si/c1-18(27-28(3,4)5)10-12-25(13-11-18)17(26)24(2)16(19(21,22)23)14-6-8-15(20)9-7-14/h6-9,16H,10-13H2,1-5H3. The van der Waals surface area contributed by atoms with Crippen molar-refractivity contribution in [3.63, 3.8) is 0 Å². The Morgan fingerprint density at radius 3 is 2.14 bits per heavy atom. The Kier molecular flexibility index (Phi) is 6.93. The number of piperidine rings is 1. The van der Waals surface area contributed by atoms with Gasteiger partial charge in [-0.25, -0.2) is 4.79 Å². The number of carbonyl (C=O) groups is 1. The lowest BCUT2D eigenvalue weighted by atomic mass is 9.94. The monoisotopic (exact) mass is 480 g/mol. The van der Waals surface area contributed by atoms with Gasteiger partial charge in [-0.3, -0.25) is 0 Å². The van der Waals surface area contributed by atoms with E-state index in [1.54, 1.807) is 12.1 Å². The molecule has 0 N–H and O–H groups in total. The second kappa shape index (κ2) is 8.35. The van der Waals surface area contributed by atoms with Gasteiger partial charge in [0.25, 0.3) is 0 Å². The summed E-state index contributed by atoms with van der Waals surface area (Å²) in [6.07, 6.45) is -3.33. The topological polar surface area (TPSA) is 32.8 Å². The third-order valence-corrected chi connectivity index (χ3v) is 6.46. The van der Waals surface area contributed by atoms with E-state index in [1.807, 2.05) is 6.92 Å². The first kappa shape index (κ1) is 23.2. The maximum atomic E-state index is 13.8. The summed E-state index contributed by atoms with van der Waals surface area (Å²) < 4.78 is 48.2. The number of benzene rings is 1.